The molecule has 3 fully saturated rings. The van der Waals surface area contributed by atoms with E-state index in [2.05, 4.69) is 25.0 Å². The predicted molar refractivity (Wildman–Crippen MR) is 308 cm³/mol. The van der Waals surface area contributed by atoms with Gasteiger partial charge in [0.25, 0.3) is 0 Å². The van der Waals surface area contributed by atoms with Crippen LogP contribution in [-0.2, 0) is 102 Å². The van der Waals surface area contributed by atoms with Crippen molar-refractivity contribution < 1.29 is 85.9 Å². The summed E-state index contributed by atoms with van der Waals surface area (Å²) < 4.78 is 85.4. The highest BCUT2D eigenvalue weighted by molar-refractivity contribution is 6.76. The summed E-state index contributed by atoms with van der Waals surface area (Å²) in [6.07, 6.45) is -18.2. The molecule has 0 bridgehead atoms. The van der Waals surface area contributed by atoms with Crippen LogP contribution in [0.5, 0.6) is 0 Å². The summed E-state index contributed by atoms with van der Waals surface area (Å²) in [6, 6.07) is 45.6. The fourth-order valence-electron chi connectivity index (χ4n) is 10.1. The van der Waals surface area contributed by atoms with Crippen molar-refractivity contribution in [2.45, 2.75) is 172 Å². The highest BCUT2D eigenvalue weighted by Crippen LogP contribution is 2.38. The van der Waals surface area contributed by atoms with Crippen LogP contribution in [0.2, 0.25) is 25.7 Å². The summed E-state index contributed by atoms with van der Waals surface area (Å²) >= 11 is 0. The maximum atomic E-state index is 14.3. The molecular weight excluding hydrogens is 1100 g/mol. The lowest BCUT2D eigenvalue weighted by Gasteiger charge is -2.51. The van der Waals surface area contributed by atoms with Gasteiger partial charge in [0.2, 0.25) is 5.91 Å². The smallest absolute Gasteiger partial charge is 0.338 e. The molecule has 3 aliphatic heterocycles. The van der Waals surface area contributed by atoms with Gasteiger partial charge in [0.15, 0.2) is 31.1 Å². The molecule has 20 heteroatoms. The van der Waals surface area contributed by atoms with Crippen LogP contribution in [0.1, 0.15) is 60.3 Å². The molecule has 0 unspecified atom stereocenters. The minimum atomic E-state index is -1.69. The molecule has 5 aromatic carbocycles. The summed E-state index contributed by atoms with van der Waals surface area (Å²) in [5, 5.41) is 15.7. The lowest BCUT2D eigenvalue weighted by molar-refractivity contribution is -0.370. The zero-order valence-electron chi connectivity index (χ0n) is 48.6. The Morgan fingerprint density at radius 1 is 0.500 bits per heavy atom. The second kappa shape index (κ2) is 31.2. The molecule has 0 spiro atoms. The van der Waals surface area contributed by atoms with Crippen LogP contribution >= 0.6 is 0 Å². The molecule has 0 aromatic heterocycles. The van der Waals surface area contributed by atoms with Gasteiger partial charge in [0.1, 0.15) is 61.5 Å². The van der Waals surface area contributed by atoms with Crippen LogP contribution in [0.25, 0.3) is 0 Å². The van der Waals surface area contributed by atoms with Gasteiger partial charge in [-0.1, -0.05) is 159 Å². The summed E-state index contributed by atoms with van der Waals surface area (Å²) in [5.74, 6) is -2.80. The molecule has 8 rings (SSSR count). The van der Waals surface area contributed by atoms with E-state index in [0.29, 0.717) is 0 Å². The monoisotopic (exact) mass is 1180 g/mol. The van der Waals surface area contributed by atoms with E-state index >= 15 is 0 Å². The molecule has 0 aliphatic carbocycles. The normalized spacial score (nSPS) is 27.9. The fraction of sp³-hybridized carbons (Fsp3) is 0.469. The van der Waals surface area contributed by atoms with Gasteiger partial charge in [-0.15, -0.1) is 0 Å². The SMILES string of the molecule is CC(=O)N[C@H]1[C@@H](O[C@@H]2[C@@H](OCc3ccccc3)[C@H](C)O[C@@H](OCC[Si](C)(C)C)[C@@H]2OC(=O)c2ccccc2)O[C@H](COC(C)=O)[C@@H](OC(C)=O)[C@@H]1O[C@H]1O[C@H](COCc2ccccc2)[C@@H](OCc2ccccc2)[C@H](OCc2ccccc2)[C@H]1O. The molecule has 5 aromatic rings. The van der Waals surface area contributed by atoms with E-state index in [1.807, 2.05) is 121 Å². The largest absolute Gasteiger partial charge is 0.463 e. The zero-order valence-corrected chi connectivity index (χ0v) is 49.6. The zero-order chi connectivity index (χ0) is 59.6. The fourth-order valence-corrected chi connectivity index (χ4v) is 10.8. The van der Waals surface area contributed by atoms with Crippen molar-refractivity contribution in [2.75, 3.05) is 19.8 Å². The van der Waals surface area contributed by atoms with Crippen LogP contribution in [0, 0.1) is 0 Å². The summed E-state index contributed by atoms with van der Waals surface area (Å²) in [5.41, 5.74) is 3.58. The highest BCUT2D eigenvalue weighted by atomic mass is 28.3. The number of esters is 3. The van der Waals surface area contributed by atoms with Gasteiger partial charge in [0, 0.05) is 35.5 Å². The topological polar surface area (TPSA) is 221 Å². The number of benzene rings is 5. The van der Waals surface area contributed by atoms with E-state index in [1.54, 1.807) is 37.3 Å². The molecule has 452 valence electrons. The number of hydrogen-bond donors (Lipinski definition) is 2. The third-order valence-corrected chi connectivity index (χ3v) is 16.0. The number of amides is 1. The molecule has 1 amide bonds. The summed E-state index contributed by atoms with van der Waals surface area (Å²) in [6.45, 7) is 12.1. The quantitative estimate of drug-likeness (QED) is 0.0290. The molecule has 0 radical (unpaired) electrons. The first kappa shape index (κ1) is 63.8. The second-order valence-corrected chi connectivity index (χ2v) is 27.9. The van der Waals surface area contributed by atoms with E-state index < -0.39 is 131 Å². The lowest BCUT2D eigenvalue weighted by Crippen LogP contribution is -2.70. The molecule has 19 nitrogen and oxygen atoms in total. The number of nitrogens with one attached hydrogen (secondary N) is 1. The Hall–Kier alpha value is -6.24. The van der Waals surface area contributed by atoms with Gasteiger partial charge in [0.05, 0.1) is 44.7 Å². The van der Waals surface area contributed by atoms with Crippen molar-refractivity contribution in [3.05, 3.63) is 179 Å². The van der Waals surface area contributed by atoms with Gasteiger partial charge >= 0.3 is 17.9 Å². The van der Waals surface area contributed by atoms with Crippen LogP contribution in [0.3, 0.4) is 0 Å². The summed E-state index contributed by atoms with van der Waals surface area (Å²) in [4.78, 5) is 54.1. The van der Waals surface area contributed by atoms with Crippen LogP contribution < -0.4 is 5.32 Å². The number of hydrogen-bond acceptors (Lipinski definition) is 18. The van der Waals surface area contributed by atoms with Crippen LogP contribution in [0.15, 0.2) is 152 Å². The number of carbonyl (C=O) groups excluding carboxylic acids is 4. The maximum Gasteiger partial charge on any atom is 0.338 e. The molecule has 0 saturated carbocycles. The van der Waals surface area contributed by atoms with E-state index in [1.165, 1.54) is 20.8 Å². The van der Waals surface area contributed by atoms with E-state index in [4.69, 9.17) is 61.6 Å². The molecule has 84 heavy (non-hydrogen) atoms. The first-order valence-corrected chi connectivity index (χ1v) is 32.2. The molecule has 2 N–H and O–H groups in total. The van der Waals surface area contributed by atoms with E-state index in [0.717, 1.165) is 28.3 Å². The van der Waals surface area contributed by atoms with Crippen molar-refractivity contribution in [2.24, 2.45) is 0 Å². The van der Waals surface area contributed by atoms with Gasteiger partial charge in [-0.2, -0.15) is 0 Å². The van der Waals surface area contributed by atoms with Crippen molar-refractivity contribution in [3.8, 4) is 0 Å². The van der Waals surface area contributed by atoms with Crippen molar-refractivity contribution in [1.82, 2.24) is 5.32 Å². The molecule has 3 saturated heterocycles. The van der Waals surface area contributed by atoms with Crippen LogP contribution in [0.4, 0.5) is 0 Å². The third kappa shape index (κ3) is 18.6. The van der Waals surface area contributed by atoms with Crippen molar-refractivity contribution >= 4 is 31.9 Å². The van der Waals surface area contributed by atoms with Gasteiger partial charge in [-0.3, -0.25) is 14.4 Å². The number of carbonyl (C=O) groups is 4. The maximum absolute atomic E-state index is 14.3. The number of aliphatic hydroxyl groups excluding tert-OH is 1. The van der Waals surface area contributed by atoms with Gasteiger partial charge in [-0.05, 0) is 47.4 Å². The van der Waals surface area contributed by atoms with Crippen molar-refractivity contribution in [3.63, 3.8) is 0 Å². The Balaban J connectivity index is 1.21. The van der Waals surface area contributed by atoms with Gasteiger partial charge in [-0.25, -0.2) is 4.79 Å². The molecule has 3 aliphatic rings. The minimum absolute atomic E-state index is 0.0379. The molecule has 15 atom stereocenters. The molecule has 3 heterocycles. The predicted octanol–water partition coefficient (Wildman–Crippen LogP) is 7.87. The number of rotatable bonds is 27. The Bertz CT molecular complexity index is 2800. The van der Waals surface area contributed by atoms with E-state index in [9.17, 15) is 24.3 Å². The average Bonchev–Trinajstić information content (AvgIpc) is 3.27. The number of ether oxygens (including phenoxy) is 13. The first-order chi connectivity index (χ1) is 40.5. The van der Waals surface area contributed by atoms with Crippen LogP contribution in [-0.4, -0.2) is 149 Å². The minimum Gasteiger partial charge on any atom is -0.463 e. The highest BCUT2D eigenvalue weighted by Gasteiger charge is 2.57. The third-order valence-electron chi connectivity index (χ3n) is 14.3. The second-order valence-electron chi connectivity index (χ2n) is 22.3. The first-order valence-electron chi connectivity index (χ1n) is 28.5. The standard InChI is InChI=1S/C64H79NO18Si/c1-41-54(74-36-46-25-15-9-16-26-46)59(60(64(77-41)72-33-34-84(5,6)7)81-61(70)49-31-21-12-22-32-49)83-62-52(65-42(2)66)57(56(78-44(4)68)51(79-62)40-73-43(3)67)82-63-53(69)58(76-38-48-29-19-11-20-30-48)55(75-37-47-27-17-10-18-28-47)50(80-63)39-71-35-45-23-13-8-14-24-45/h8-32,41,50-60,62-64,69H,33-40H2,1-7H3,(H,65,66)/t41-,50+,51+,52+,53+,54-,55+,56+,57+,58+,59+,60+,62+,63+,64+/m0/s1. The molecular formula is C64H79NO18Si. The Morgan fingerprint density at radius 3 is 1.51 bits per heavy atom. The van der Waals surface area contributed by atoms with E-state index in [-0.39, 0.29) is 45.2 Å². The van der Waals surface area contributed by atoms with Gasteiger partial charge < -0.3 is 72.0 Å². The summed E-state index contributed by atoms with van der Waals surface area (Å²) in [7, 11) is -1.69. The Kier molecular flexibility index (Phi) is 23.7. The number of aliphatic hydroxyl groups is 1. The average molecular weight is 1180 g/mol. The Morgan fingerprint density at radius 2 is 0.988 bits per heavy atom. The van der Waals surface area contributed by atoms with Crippen molar-refractivity contribution in [1.29, 1.82) is 0 Å². The lowest BCUT2D eigenvalue weighted by atomic mass is 9.94. The Labute approximate surface area is 492 Å².